The third-order valence-corrected chi connectivity index (χ3v) is 5.33. The van der Waals surface area contributed by atoms with Crippen LogP contribution in [0, 0.1) is 0 Å². The summed E-state index contributed by atoms with van der Waals surface area (Å²) < 4.78 is 44.0. The minimum Gasteiger partial charge on any atom is -0.494 e. The van der Waals surface area contributed by atoms with Crippen LogP contribution in [-0.4, -0.2) is 30.4 Å². The first kappa shape index (κ1) is 18.6. The Morgan fingerprint density at radius 3 is 2.54 bits per heavy atom. The lowest BCUT2D eigenvalue weighted by molar-refractivity contribution is -0.137. The first-order valence-corrected chi connectivity index (χ1v) is 9.32. The molecule has 1 fully saturated rings. The number of alkyl halides is 3. The summed E-state index contributed by atoms with van der Waals surface area (Å²) in [7, 11) is 1.61. The van der Waals surface area contributed by atoms with Gasteiger partial charge in [0.25, 0.3) is 0 Å². The number of para-hydroxylation sites is 2. The van der Waals surface area contributed by atoms with Crippen LogP contribution in [-0.2, 0) is 6.18 Å². The van der Waals surface area contributed by atoms with Crippen LogP contribution in [0.3, 0.4) is 0 Å². The molecule has 146 valence electrons. The van der Waals surface area contributed by atoms with Gasteiger partial charge in [-0.3, -0.25) is 0 Å². The zero-order valence-electron chi connectivity index (χ0n) is 15.5. The molecule has 2 aromatic rings. The fourth-order valence-corrected chi connectivity index (χ4v) is 3.92. The summed E-state index contributed by atoms with van der Waals surface area (Å²) in [5.41, 5.74) is 1.95. The Morgan fingerprint density at radius 2 is 1.82 bits per heavy atom. The van der Waals surface area contributed by atoms with E-state index >= 15 is 0 Å². The van der Waals surface area contributed by atoms with E-state index in [1.807, 2.05) is 30.3 Å². The largest absolute Gasteiger partial charge is 0.494 e. The average Bonchev–Trinajstić information content (AvgIpc) is 3.17. The molecule has 0 saturated carbocycles. The molecule has 0 bridgehead atoms. The molecule has 3 nitrogen and oxygen atoms in total. The fourth-order valence-electron chi connectivity index (χ4n) is 3.92. The zero-order chi connectivity index (χ0) is 19.7. The molecular weight excluding hydrogens is 365 g/mol. The molecule has 1 saturated heterocycles. The molecule has 6 heteroatoms. The van der Waals surface area contributed by atoms with E-state index in [9.17, 15) is 13.2 Å². The second-order valence-corrected chi connectivity index (χ2v) is 7.08. The Hall–Kier alpha value is -2.76. The van der Waals surface area contributed by atoms with Crippen molar-refractivity contribution in [1.82, 2.24) is 4.90 Å². The highest BCUT2D eigenvalue weighted by Gasteiger charge is 2.33. The van der Waals surface area contributed by atoms with E-state index in [-0.39, 0.29) is 0 Å². The zero-order valence-corrected chi connectivity index (χ0v) is 15.5. The molecule has 0 spiro atoms. The van der Waals surface area contributed by atoms with Gasteiger partial charge >= 0.3 is 6.18 Å². The van der Waals surface area contributed by atoms with Gasteiger partial charge in [0.1, 0.15) is 17.3 Å². The van der Waals surface area contributed by atoms with Crippen molar-refractivity contribution in [3.8, 4) is 5.75 Å². The van der Waals surface area contributed by atoms with Crippen molar-refractivity contribution in [2.75, 3.05) is 13.7 Å². The van der Waals surface area contributed by atoms with Gasteiger partial charge in [-0.2, -0.15) is 13.2 Å². The first-order valence-electron chi connectivity index (χ1n) is 9.32. The number of benzene rings is 2. The van der Waals surface area contributed by atoms with E-state index in [1.54, 1.807) is 19.2 Å². The van der Waals surface area contributed by atoms with Crippen LogP contribution in [0.1, 0.15) is 30.4 Å². The van der Waals surface area contributed by atoms with Crippen molar-refractivity contribution >= 4 is 17.1 Å². The Bertz CT molecular complexity index is 916. The van der Waals surface area contributed by atoms with Crippen molar-refractivity contribution in [2.45, 2.75) is 31.5 Å². The summed E-state index contributed by atoms with van der Waals surface area (Å²) in [4.78, 5) is 7.12. The number of nitrogens with zero attached hydrogens (tertiary/aromatic N) is 2. The van der Waals surface area contributed by atoms with Crippen LogP contribution in [0.2, 0.25) is 0 Å². The lowest BCUT2D eigenvalue weighted by Gasteiger charge is -2.32. The summed E-state index contributed by atoms with van der Waals surface area (Å²) in [6.45, 7) is 0.940. The first-order chi connectivity index (χ1) is 13.5. The highest BCUT2D eigenvalue weighted by atomic mass is 19.4. The van der Waals surface area contributed by atoms with Gasteiger partial charge in [-0.15, -0.1) is 0 Å². The number of ether oxygens (including phenoxy) is 1. The molecule has 0 radical (unpaired) electrons. The van der Waals surface area contributed by atoms with Crippen molar-refractivity contribution in [2.24, 2.45) is 4.99 Å². The van der Waals surface area contributed by atoms with Gasteiger partial charge in [-0.05, 0) is 60.7 Å². The molecule has 2 heterocycles. The predicted molar refractivity (Wildman–Crippen MR) is 104 cm³/mol. The van der Waals surface area contributed by atoms with Gasteiger partial charge in [-0.1, -0.05) is 24.3 Å². The second kappa shape index (κ2) is 7.34. The number of rotatable bonds is 3. The van der Waals surface area contributed by atoms with Crippen molar-refractivity contribution in [3.63, 3.8) is 0 Å². The van der Waals surface area contributed by atoms with Crippen LogP contribution in [0.15, 0.2) is 59.6 Å². The Labute approximate surface area is 162 Å². The highest BCUT2D eigenvalue weighted by molar-refractivity contribution is 6.03. The minimum absolute atomic E-state index is 0.329. The Morgan fingerprint density at radius 1 is 1.07 bits per heavy atom. The third kappa shape index (κ3) is 3.63. The van der Waals surface area contributed by atoms with Crippen molar-refractivity contribution in [3.05, 3.63) is 65.7 Å². The van der Waals surface area contributed by atoms with Gasteiger partial charge < -0.3 is 9.64 Å². The summed E-state index contributed by atoms with van der Waals surface area (Å²) in [6.07, 6.45) is 0.637. The molecule has 4 rings (SSSR count). The molecule has 0 aliphatic carbocycles. The molecule has 0 N–H and O–H groups in total. The van der Waals surface area contributed by atoms with E-state index in [0.29, 0.717) is 11.8 Å². The Balaban J connectivity index is 1.72. The monoisotopic (exact) mass is 386 g/mol. The van der Waals surface area contributed by atoms with Crippen LogP contribution in [0.25, 0.3) is 5.57 Å². The molecular formula is C22H21F3N2O. The molecule has 0 aromatic heterocycles. The molecule has 0 unspecified atom stereocenters. The lowest BCUT2D eigenvalue weighted by atomic mass is 9.93. The maximum Gasteiger partial charge on any atom is 0.416 e. The van der Waals surface area contributed by atoms with Gasteiger partial charge in [0.05, 0.1) is 12.7 Å². The normalized spacial score (nSPS) is 20.9. The van der Waals surface area contributed by atoms with Gasteiger partial charge in [0.15, 0.2) is 0 Å². The van der Waals surface area contributed by atoms with Crippen molar-refractivity contribution in [1.29, 1.82) is 0 Å². The van der Waals surface area contributed by atoms with Gasteiger partial charge in [0.2, 0.25) is 0 Å². The molecule has 1 atom stereocenters. The van der Waals surface area contributed by atoms with Gasteiger partial charge in [-0.25, -0.2) is 4.99 Å². The number of fused-ring (bicyclic) bond motifs is 1. The summed E-state index contributed by atoms with van der Waals surface area (Å²) in [6, 6.07) is 13.3. The standard InChI is InChI=1S/C22H21F3N2O/c1-28-20-7-3-2-6-19(20)26-21-14-16(13-18-5-4-12-27(18)21)15-8-10-17(11-9-15)22(23,24)25/h2-3,6-11,14,18H,4-5,12-13H2,1H3/t18-/m0/s1. The quantitative estimate of drug-likeness (QED) is 0.676. The smallest absolute Gasteiger partial charge is 0.416 e. The number of amidine groups is 1. The van der Waals surface area contributed by atoms with Crippen LogP contribution >= 0.6 is 0 Å². The van der Waals surface area contributed by atoms with Gasteiger partial charge in [0, 0.05) is 12.6 Å². The van der Waals surface area contributed by atoms with E-state index in [4.69, 9.17) is 9.73 Å². The number of halogens is 3. The van der Waals surface area contributed by atoms with Crippen LogP contribution in [0.5, 0.6) is 5.75 Å². The number of hydrogen-bond acceptors (Lipinski definition) is 2. The number of methoxy groups -OCH3 is 1. The summed E-state index contributed by atoms with van der Waals surface area (Å²) in [5.74, 6) is 1.54. The Kier molecular flexibility index (Phi) is 4.87. The topological polar surface area (TPSA) is 24.8 Å². The summed E-state index contributed by atoms with van der Waals surface area (Å²) in [5, 5.41) is 0. The fraction of sp³-hybridized carbons (Fsp3) is 0.318. The SMILES string of the molecule is COc1ccccc1N=C1C=C(c2ccc(C(F)(F)F)cc2)C[C@@H]2CCCN12. The average molecular weight is 386 g/mol. The number of aliphatic imine (C=N–C) groups is 1. The third-order valence-electron chi connectivity index (χ3n) is 5.33. The number of hydrogen-bond donors (Lipinski definition) is 0. The maximum atomic E-state index is 12.9. The summed E-state index contributed by atoms with van der Waals surface area (Å²) >= 11 is 0. The maximum absolute atomic E-state index is 12.9. The van der Waals surface area contributed by atoms with E-state index in [1.165, 1.54) is 0 Å². The highest BCUT2D eigenvalue weighted by Crippen LogP contribution is 2.36. The van der Waals surface area contributed by atoms with E-state index < -0.39 is 11.7 Å². The predicted octanol–water partition coefficient (Wildman–Crippen LogP) is 5.70. The van der Waals surface area contributed by atoms with Crippen LogP contribution < -0.4 is 4.74 Å². The molecule has 2 aliphatic heterocycles. The molecule has 2 aliphatic rings. The second-order valence-electron chi connectivity index (χ2n) is 7.08. The van der Waals surface area contributed by atoms with Crippen molar-refractivity contribution < 1.29 is 17.9 Å². The van der Waals surface area contributed by atoms with E-state index in [0.717, 1.165) is 60.6 Å². The minimum atomic E-state index is -4.32. The molecule has 0 amide bonds. The molecule has 2 aromatic carbocycles. The van der Waals surface area contributed by atoms with E-state index in [2.05, 4.69) is 4.90 Å². The molecule has 28 heavy (non-hydrogen) atoms. The lowest BCUT2D eigenvalue weighted by Crippen LogP contribution is -2.37. The van der Waals surface area contributed by atoms with Crippen LogP contribution in [0.4, 0.5) is 18.9 Å².